The van der Waals surface area contributed by atoms with Crippen LogP contribution in [0.5, 0.6) is 0 Å². The first-order chi connectivity index (χ1) is 7.77. The van der Waals surface area contributed by atoms with Crippen molar-refractivity contribution >= 4 is 10.0 Å². The summed E-state index contributed by atoms with van der Waals surface area (Å²) in [7, 11) is -2.11. The zero-order chi connectivity index (χ0) is 13.1. The van der Waals surface area contributed by atoms with E-state index >= 15 is 0 Å². The Morgan fingerprint density at radius 1 is 1.41 bits per heavy atom. The molecule has 1 rings (SSSR count). The van der Waals surface area contributed by atoms with Crippen LogP contribution in [0.2, 0.25) is 0 Å². The molecule has 17 heavy (non-hydrogen) atoms. The number of ether oxygens (including phenoxy) is 1. The van der Waals surface area contributed by atoms with Crippen LogP contribution in [0.4, 0.5) is 0 Å². The lowest BCUT2D eigenvalue weighted by Crippen LogP contribution is -2.39. The van der Waals surface area contributed by atoms with E-state index in [9.17, 15) is 13.2 Å². The molecule has 0 spiro atoms. The highest BCUT2D eigenvalue weighted by atomic mass is 32.2. The molecule has 7 heteroatoms. The Kier molecular flexibility index (Phi) is 4.07. The van der Waals surface area contributed by atoms with E-state index in [1.54, 1.807) is 13.8 Å². The zero-order valence-corrected chi connectivity index (χ0v) is 10.8. The number of rotatable bonds is 5. The Bertz CT molecular complexity index is 513. The molecule has 0 aliphatic rings. The lowest BCUT2D eigenvalue weighted by Gasteiger charge is -2.22. The largest absolute Gasteiger partial charge is 0.377 e. The molecule has 0 radical (unpaired) electrons. The van der Waals surface area contributed by atoms with Gasteiger partial charge in [0.2, 0.25) is 15.6 Å². The van der Waals surface area contributed by atoms with Crippen molar-refractivity contribution in [3.8, 4) is 0 Å². The second-order valence-electron chi connectivity index (χ2n) is 4.18. The third kappa shape index (κ3) is 3.95. The molecule has 1 aromatic rings. The van der Waals surface area contributed by atoms with Crippen molar-refractivity contribution in [3.63, 3.8) is 0 Å². The number of hydrogen-bond donors (Lipinski definition) is 2. The van der Waals surface area contributed by atoms with Crippen molar-refractivity contribution in [3.05, 3.63) is 28.7 Å². The number of sulfonamides is 1. The molecule has 0 fully saturated rings. The average Bonchev–Trinajstić information content (AvgIpc) is 2.27. The molecular formula is C10H16N2O4S. The van der Waals surface area contributed by atoms with Crippen LogP contribution in [0.15, 0.2) is 28.0 Å². The van der Waals surface area contributed by atoms with Crippen LogP contribution in [0, 0.1) is 0 Å². The van der Waals surface area contributed by atoms with Crippen LogP contribution < -0.4 is 10.3 Å². The maximum absolute atomic E-state index is 11.8. The highest BCUT2D eigenvalue weighted by Gasteiger charge is 2.21. The number of methoxy groups -OCH3 is 1. The predicted octanol–water partition coefficient (Wildman–Crippen LogP) is 0.0782. The molecule has 0 amide bonds. The lowest BCUT2D eigenvalue weighted by molar-refractivity contribution is 0.0276. The summed E-state index contributed by atoms with van der Waals surface area (Å²) in [6.45, 7) is 3.68. The molecule has 0 saturated heterocycles. The third-order valence-corrected chi connectivity index (χ3v) is 3.71. The van der Waals surface area contributed by atoms with Crippen molar-refractivity contribution in [2.24, 2.45) is 0 Å². The summed E-state index contributed by atoms with van der Waals surface area (Å²) in [6.07, 6.45) is 1.16. The summed E-state index contributed by atoms with van der Waals surface area (Å²) in [5.41, 5.74) is -0.934. The van der Waals surface area contributed by atoms with Crippen LogP contribution in [-0.2, 0) is 14.8 Å². The van der Waals surface area contributed by atoms with E-state index in [0.29, 0.717) is 0 Å². The Hall–Kier alpha value is -1.18. The Labute approximate surface area is 100 Å². The fourth-order valence-electron chi connectivity index (χ4n) is 0.988. The Morgan fingerprint density at radius 2 is 2.06 bits per heavy atom. The summed E-state index contributed by atoms with van der Waals surface area (Å²) in [5, 5.41) is 0. The van der Waals surface area contributed by atoms with Gasteiger partial charge in [-0.15, -0.1) is 0 Å². The summed E-state index contributed by atoms with van der Waals surface area (Å²) >= 11 is 0. The van der Waals surface area contributed by atoms with Crippen molar-refractivity contribution in [1.29, 1.82) is 0 Å². The molecule has 6 nitrogen and oxygen atoms in total. The first kappa shape index (κ1) is 13.9. The molecule has 0 aliphatic carbocycles. The highest BCUT2D eigenvalue weighted by Crippen LogP contribution is 2.09. The van der Waals surface area contributed by atoms with Gasteiger partial charge in [-0.3, -0.25) is 4.79 Å². The van der Waals surface area contributed by atoms with E-state index in [1.807, 2.05) is 0 Å². The number of aromatic amines is 1. The summed E-state index contributed by atoms with van der Waals surface area (Å²) in [6, 6.07) is 2.41. The molecular weight excluding hydrogens is 244 g/mol. The topological polar surface area (TPSA) is 88.3 Å². The van der Waals surface area contributed by atoms with Crippen LogP contribution in [0.1, 0.15) is 13.8 Å². The standard InChI is InChI=1S/C10H16N2O4S/c1-10(2,16-3)7-12-17(14,15)8-4-5-9(13)11-6-8/h4-6,12H,7H2,1-3H3,(H,11,13). The molecule has 0 atom stereocenters. The number of hydrogen-bond acceptors (Lipinski definition) is 4. The zero-order valence-electron chi connectivity index (χ0n) is 9.98. The second-order valence-corrected chi connectivity index (χ2v) is 5.94. The minimum absolute atomic E-state index is 0.0176. The minimum Gasteiger partial charge on any atom is -0.377 e. The van der Waals surface area contributed by atoms with Gasteiger partial charge in [0.05, 0.1) is 10.5 Å². The molecule has 96 valence electrons. The number of pyridine rings is 1. The number of nitrogens with one attached hydrogen (secondary N) is 2. The van der Waals surface area contributed by atoms with Gasteiger partial charge in [-0.25, -0.2) is 13.1 Å². The fourth-order valence-corrected chi connectivity index (χ4v) is 2.15. The first-order valence-corrected chi connectivity index (χ1v) is 6.49. The van der Waals surface area contributed by atoms with Crippen molar-refractivity contribution in [2.45, 2.75) is 24.3 Å². The molecule has 0 bridgehead atoms. The average molecular weight is 260 g/mol. The Balaban J connectivity index is 2.83. The van der Waals surface area contributed by atoms with Crippen LogP contribution >= 0.6 is 0 Å². The van der Waals surface area contributed by atoms with E-state index < -0.39 is 15.6 Å². The SMILES string of the molecule is COC(C)(C)CNS(=O)(=O)c1ccc(=O)[nH]c1. The molecule has 1 heterocycles. The third-order valence-electron chi connectivity index (χ3n) is 2.31. The fraction of sp³-hybridized carbons (Fsp3) is 0.500. The van der Waals surface area contributed by atoms with Gasteiger partial charge in [-0.2, -0.15) is 0 Å². The van der Waals surface area contributed by atoms with E-state index in [4.69, 9.17) is 4.74 Å². The summed E-state index contributed by atoms with van der Waals surface area (Å²) < 4.78 is 31.1. The van der Waals surface area contributed by atoms with Gasteiger partial charge in [0, 0.05) is 25.9 Å². The van der Waals surface area contributed by atoms with Gasteiger partial charge < -0.3 is 9.72 Å². The van der Waals surface area contributed by atoms with Crippen LogP contribution in [0.25, 0.3) is 0 Å². The minimum atomic E-state index is -3.62. The molecule has 0 saturated carbocycles. The van der Waals surface area contributed by atoms with Crippen molar-refractivity contribution in [1.82, 2.24) is 9.71 Å². The van der Waals surface area contributed by atoms with Crippen molar-refractivity contribution < 1.29 is 13.2 Å². The quantitative estimate of drug-likeness (QED) is 0.784. The van der Waals surface area contributed by atoms with E-state index in [1.165, 1.54) is 13.2 Å². The van der Waals surface area contributed by atoms with Gasteiger partial charge >= 0.3 is 0 Å². The van der Waals surface area contributed by atoms with Crippen LogP contribution in [0.3, 0.4) is 0 Å². The second kappa shape index (κ2) is 4.99. The summed E-state index contributed by atoms with van der Waals surface area (Å²) in [5.74, 6) is 0. The van der Waals surface area contributed by atoms with E-state index in [2.05, 4.69) is 9.71 Å². The summed E-state index contributed by atoms with van der Waals surface area (Å²) in [4.78, 5) is 13.2. The molecule has 1 aromatic heterocycles. The van der Waals surface area contributed by atoms with Crippen molar-refractivity contribution in [2.75, 3.05) is 13.7 Å². The van der Waals surface area contributed by atoms with Crippen LogP contribution in [-0.4, -0.2) is 32.7 Å². The first-order valence-electron chi connectivity index (χ1n) is 5.00. The van der Waals surface area contributed by atoms with Gasteiger partial charge in [0.15, 0.2) is 0 Å². The normalized spacial score (nSPS) is 12.6. The molecule has 0 unspecified atom stereocenters. The van der Waals surface area contributed by atoms with Gasteiger partial charge in [0.25, 0.3) is 0 Å². The van der Waals surface area contributed by atoms with Gasteiger partial charge in [-0.05, 0) is 19.9 Å². The highest BCUT2D eigenvalue weighted by molar-refractivity contribution is 7.89. The maximum Gasteiger partial charge on any atom is 0.247 e. The number of aromatic nitrogens is 1. The maximum atomic E-state index is 11.8. The molecule has 0 aliphatic heterocycles. The van der Waals surface area contributed by atoms with E-state index in [-0.39, 0.29) is 17.0 Å². The smallest absolute Gasteiger partial charge is 0.247 e. The number of H-pyrrole nitrogens is 1. The van der Waals surface area contributed by atoms with Gasteiger partial charge in [-0.1, -0.05) is 0 Å². The lowest BCUT2D eigenvalue weighted by atomic mass is 10.1. The molecule has 2 N–H and O–H groups in total. The predicted molar refractivity (Wildman–Crippen MR) is 63.3 cm³/mol. The monoisotopic (exact) mass is 260 g/mol. The Morgan fingerprint density at radius 3 is 2.53 bits per heavy atom. The molecule has 0 aromatic carbocycles. The van der Waals surface area contributed by atoms with Gasteiger partial charge in [0.1, 0.15) is 0 Å². The van der Waals surface area contributed by atoms with E-state index in [0.717, 1.165) is 12.3 Å².